The summed E-state index contributed by atoms with van der Waals surface area (Å²) >= 11 is 0. The van der Waals surface area contributed by atoms with Gasteiger partial charge in [0.15, 0.2) is 0 Å². The number of hydrogen-bond donors (Lipinski definition) is 1. The maximum Gasteiger partial charge on any atom is 0.119 e. The van der Waals surface area contributed by atoms with Gasteiger partial charge in [0.25, 0.3) is 0 Å². The first-order valence-corrected chi connectivity index (χ1v) is 7.60. The Hall–Kier alpha value is -0.970. The quantitative estimate of drug-likeness (QED) is 0.838. The number of benzene rings is 1. The predicted octanol–water partition coefficient (Wildman–Crippen LogP) is 2.57. The fourth-order valence-corrected chi connectivity index (χ4v) is 2.35. The van der Waals surface area contributed by atoms with Gasteiger partial charge in [-0.1, -0.05) is 6.92 Å². The smallest absolute Gasteiger partial charge is 0.119 e. The molecule has 0 aliphatic carbocycles. The molecule has 4 nitrogen and oxygen atoms in total. The van der Waals surface area contributed by atoms with Gasteiger partial charge in [-0.15, -0.1) is 12.4 Å². The van der Waals surface area contributed by atoms with E-state index in [9.17, 15) is 0 Å². The van der Waals surface area contributed by atoms with E-state index in [1.807, 2.05) is 24.3 Å². The van der Waals surface area contributed by atoms with Crippen LogP contribution in [0.1, 0.15) is 20.3 Å². The summed E-state index contributed by atoms with van der Waals surface area (Å²) in [4.78, 5) is 2.47. The molecular weight excluding hydrogens is 288 g/mol. The Bertz CT molecular complexity index is 386. The summed E-state index contributed by atoms with van der Waals surface area (Å²) in [6.45, 7) is 10.1. The third-order valence-electron chi connectivity index (χ3n) is 3.58. The Morgan fingerprint density at radius 1 is 1.14 bits per heavy atom. The second kappa shape index (κ2) is 9.87. The molecule has 1 saturated heterocycles. The van der Waals surface area contributed by atoms with Gasteiger partial charge in [0, 0.05) is 32.2 Å². The summed E-state index contributed by atoms with van der Waals surface area (Å²) in [5.41, 5.74) is 0. The highest BCUT2D eigenvalue weighted by Gasteiger charge is 2.16. The van der Waals surface area contributed by atoms with Gasteiger partial charge in [-0.3, -0.25) is 4.90 Å². The van der Waals surface area contributed by atoms with Crippen LogP contribution < -0.4 is 14.8 Å². The zero-order chi connectivity index (χ0) is 14.2. The van der Waals surface area contributed by atoms with E-state index in [1.165, 1.54) is 0 Å². The second-order valence-electron chi connectivity index (χ2n) is 5.26. The Labute approximate surface area is 134 Å². The first kappa shape index (κ1) is 18.1. The molecule has 1 aromatic carbocycles. The molecule has 1 heterocycles. The average Bonchev–Trinajstić information content (AvgIpc) is 2.48. The van der Waals surface area contributed by atoms with E-state index in [4.69, 9.17) is 9.47 Å². The van der Waals surface area contributed by atoms with Gasteiger partial charge in [0.2, 0.25) is 0 Å². The largest absolute Gasteiger partial charge is 0.494 e. The molecular formula is C16H27ClN2O2. The van der Waals surface area contributed by atoms with Crippen molar-refractivity contribution in [2.75, 3.05) is 39.4 Å². The Morgan fingerprint density at radius 3 is 2.33 bits per heavy atom. The highest BCUT2D eigenvalue weighted by atomic mass is 35.5. The summed E-state index contributed by atoms with van der Waals surface area (Å²) in [5.74, 6) is 1.83. The van der Waals surface area contributed by atoms with E-state index in [0.717, 1.165) is 57.3 Å². The normalized spacial score (nSPS) is 18.9. The lowest BCUT2D eigenvalue weighted by atomic mass is 10.2. The van der Waals surface area contributed by atoms with E-state index < -0.39 is 0 Å². The number of hydrogen-bond acceptors (Lipinski definition) is 4. The minimum atomic E-state index is 0. The van der Waals surface area contributed by atoms with Gasteiger partial charge in [-0.2, -0.15) is 0 Å². The Morgan fingerprint density at radius 2 is 1.76 bits per heavy atom. The number of nitrogens with zero attached hydrogens (tertiary/aromatic N) is 1. The summed E-state index contributed by atoms with van der Waals surface area (Å²) in [6, 6.07) is 8.49. The molecule has 0 aromatic heterocycles. The highest BCUT2D eigenvalue weighted by molar-refractivity contribution is 5.85. The molecule has 21 heavy (non-hydrogen) atoms. The van der Waals surface area contributed by atoms with Crippen molar-refractivity contribution in [2.24, 2.45) is 0 Å². The average molecular weight is 315 g/mol. The van der Waals surface area contributed by atoms with Crippen LogP contribution in [0.4, 0.5) is 0 Å². The highest BCUT2D eigenvalue weighted by Crippen LogP contribution is 2.17. The molecule has 0 spiro atoms. The first-order valence-electron chi connectivity index (χ1n) is 7.60. The number of halogens is 1. The monoisotopic (exact) mass is 314 g/mol. The predicted molar refractivity (Wildman–Crippen MR) is 88.9 cm³/mol. The summed E-state index contributed by atoms with van der Waals surface area (Å²) in [6.07, 6.45) is 1.03. The van der Waals surface area contributed by atoms with Crippen molar-refractivity contribution in [3.8, 4) is 11.5 Å². The van der Waals surface area contributed by atoms with E-state index >= 15 is 0 Å². The van der Waals surface area contributed by atoms with Gasteiger partial charge in [-0.25, -0.2) is 0 Å². The van der Waals surface area contributed by atoms with Crippen molar-refractivity contribution in [1.29, 1.82) is 0 Å². The molecule has 1 aromatic rings. The Balaban J connectivity index is 0.00000220. The molecule has 1 aliphatic rings. The first-order chi connectivity index (χ1) is 9.79. The second-order valence-corrected chi connectivity index (χ2v) is 5.26. The van der Waals surface area contributed by atoms with Crippen molar-refractivity contribution < 1.29 is 9.47 Å². The van der Waals surface area contributed by atoms with E-state index in [1.54, 1.807) is 0 Å². The summed E-state index contributed by atoms with van der Waals surface area (Å²) in [7, 11) is 0. The minimum absolute atomic E-state index is 0. The standard InChI is InChI=1S/C16H26N2O2.ClH/c1-3-11-19-15-4-6-16(7-5-15)20-12-10-18-9-8-17-13-14(18)2;/h4-7,14,17H,3,8-13H2,1-2H3;1H/t14-;/m0./s1. The van der Waals surface area contributed by atoms with Crippen molar-refractivity contribution in [3.63, 3.8) is 0 Å². The van der Waals surface area contributed by atoms with E-state index in [0.29, 0.717) is 6.04 Å². The van der Waals surface area contributed by atoms with Gasteiger partial charge < -0.3 is 14.8 Å². The molecule has 0 bridgehead atoms. The fourth-order valence-electron chi connectivity index (χ4n) is 2.35. The molecule has 1 N–H and O–H groups in total. The topological polar surface area (TPSA) is 33.7 Å². The SMILES string of the molecule is CCCOc1ccc(OCCN2CCNC[C@@H]2C)cc1.Cl. The fraction of sp³-hybridized carbons (Fsp3) is 0.625. The zero-order valence-electron chi connectivity index (χ0n) is 13.0. The van der Waals surface area contributed by atoms with Crippen LogP contribution in [0.3, 0.4) is 0 Å². The van der Waals surface area contributed by atoms with Crippen LogP contribution in [-0.4, -0.2) is 50.3 Å². The molecule has 0 amide bonds. The van der Waals surface area contributed by atoms with Gasteiger partial charge in [-0.05, 0) is 37.6 Å². The van der Waals surface area contributed by atoms with Crippen molar-refractivity contribution in [1.82, 2.24) is 10.2 Å². The van der Waals surface area contributed by atoms with Gasteiger partial charge in [0.05, 0.1) is 6.61 Å². The molecule has 0 radical (unpaired) electrons. The van der Waals surface area contributed by atoms with Crippen LogP contribution >= 0.6 is 12.4 Å². The van der Waals surface area contributed by atoms with Crippen LogP contribution in [-0.2, 0) is 0 Å². The molecule has 1 aliphatic heterocycles. The minimum Gasteiger partial charge on any atom is -0.494 e. The molecule has 5 heteroatoms. The molecule has 1 atom stereocenters. The van der Waals surface area contributed by atoms with Crippen LogP contribution in [0, 0.1) is 0 Å². The maximum atomic E-state index is 5.80. The molecule has 120 valence electrons. The zero-order valence-corrected chi connectivity index (χ0v) is 13.8. The third-order valence-corrected chi connectivity index (χ3v) is 3.58. The van der Waals surface area contributed by atoms with Crippen molar-refractivity contribution in [2.45, 2.75) is 26.3 Å². The molecule has 1 fully saturated rings. The van der Waals surface area contributed by atoms with Crippen LogP contribution in [0.5, 0.6) is 11.5 Å². The lowest BCUT2D eigenvalue weighted by Gasteiger charge is -2.33. The van der Waals surface area contributed by atoms with Crippen LogP contribution in [0.2, 0.25) is 0 Å². The number of rotatable bonds is 7. The maximum absolute atomic E-state index is 5.80. The van der Waals surface area contributed by atoms with Gasteiger partial charge in [0.1, 0.15) is 18.1 Å². The van der Waals surface area contributed by atoms with Crippen LogP contribution in [0.25, 0.3) is 0 Å². The number of ether oxygens (including phenoxy) is 2. The number of piperazine rings is 1. The van der Waals surface area contributed by atoms with Crippen molar-refractivity contribution in [3.05, 3.63) is 24.3 Å². The number of nitrogens with one attached hydrogen (secondary N) is 1. The Kier molecular flexibility index (Phi) is 8.50. The summed E-state index contributed by atoms with van der Waals surface area (Å²) < 4.78 is 11.4. The van der Waals surface area contributed by atoms with E-state index in [-0.39, 0.29) is 12.4 Å². The van der Waals surface area contributed by atoms with Gasteiger partial charge >= 0.3 is 0 Å². The van der Waals surface area contributed by atoms with Crippen molar-refractivity contribution >= 4 is 12.4 Å². The molecule has 0 saturated carbocycles. The van der Waals surface area contributed by atoms with Crippen LogP contribution in [0.15, 0.2) is 24.3 Å². The molecule has 2 rings (SSSR count). The van der Waals surface area contributed by atoms with E-state index in [2.05, 4.69) is 24.1 Å². The third kappa shape index (κ3) is 6.12. The lowest BCUT2D eigenvalue weighted by molar-refractivity contribution is 0.143. The lowest BCUT2D eigenvalue weighted by Crippen LogP contribution is -2.50. The summed E-state index contributed by atoms with van der Waals surface area (Å²) in [5, 5.41) is 3.40. The molecule has 0 unspecified atom stereocenters.